The maximum absolute atomic E-state index is 6.83. The molecule has 0 radical (unpaired) electrons. The molecule has 7 aromatic rings. The Morgan fingerprint density at radius 3 is 1.79 bits per heavy atom. The Morgan fingerprint density at radius 2 is 1.06 bits per heavy atom. The predicted octanol–water partition coefficient (Wildman–Crippen LogP) is 9.41. The number of nitrogens with zero attached hydrogens (tertiary/aromatic N) is 1. The third kappa shape index (κ3) is 2.87. The molecule has 4 heteroatoms. The summed E-state index contributed by atoms with van der Waals surface area (Å²) in [7, 11) is -0.495. The van der Waals surface area contributed by atoms with Crippen LogP contribution in [0.2, 0.25) is 0 Å². The van der Waals surface area contributed by atoms with E-state index in [4.69, 9.17) is 9.31 Å². The minimum absolute atomic E-state index is 0.442. The largest absolute Gasteiger partial charge is 0.495 e. The molecule has 4 aliphatic rings. The Hall–Kier alpha value is -4.90. The number of fused-ring (bicyclic) bond motifs is 13. The van der Waals surface area contributed by atoms with Crippen molar-refractivity contribution < 1.29 is 9.31 Å². The topological polar surface area (TPSA) is 23.4 Å². The van der Waals surface area contributed by atoms with Gasteiger partial charge in [0.15, 0.2) is 0 Å². The fourth-order valence-corrected chi connectivity index (χ4v) is 9.36. The summed E-state index contributed by atoms with van der Waals surface area (Å²) in [5, 5.41) is 2.56. The smallest absolute Gasteiger partial charge is 0.399 e. The summed E-state index contributed by atoms with van der Waals surface area (Å²) in [5.74, 6) is 0. The van der Waals surface area contributed by atoms with Crippen molar-refractivity contribution in [1.29, 1.82) is 0 Å². The van der Waals surface area contributed by atoms with E-state index in [2.05, 4.69) is 154 Å². The second-order valence-corrected chi connectivity index (χ2v) is 14.6. The van der Waals surface area contributed by atoms with E-state index in [0.717, 1.165) is 5.46 Å². The van der Waals surface area contributed by atoms with Crippen LogP contribution in [0.1, 0.15) is 49.9 Å². The SMILES string of the molecule is CC1(C)OB(c2ccc3c4c2-c2ccccc2-n2c5ccccc5c5ccc(c-4c52)C32c3ccccc3-c3ccccc32)OC1(C)C. The maximum atomic E-state index is 6.83. The van der Waals surface area contributed by atoms with Gasteiger partial charge in [-0.05, 0) is 89.8 Å². The van der Waals surface area contributed by atoms with Gasteiger partial charge in [-0.2, -0.15) is 0 Å². The molecule has 11 rings (SSSR count). The minimum atomic E-state index is -0.495. The first kappa shape index (κ1) is 26.2. The first-order valence-electron chi connectivity index (χ1n) is 16.7. The van der Waals surface area contributed by atoms with Gasteiger partial charge < -0.3 is 13.9 Å². The van der Waals surface area contributed by atoms with Gasteiger partial charge in [0, 0.05) is 21.9 Å². The van der Waals surface area contributed by atoms with Gasteiger partial charge in [0.05, 0.1) is 33.3 Å². The molecular formula is C43H32BNO2. The van der Waals surface area contributed by atoms with Crippen molar-refractivity contribution in [2.45, 2.75) is 44.3 Å². The van der Waals surface area contributed by atoms with Crippen LogP contribution in [0.25, 0.3) is 60.9 Å². The lowest BCUT2D eigenvalue weighted by Crippen LogP contribution is -2.41. The molecule has 1 saturated heterocycles. The molecule has 0 bridgehead atoms. The van der Waals surface area contributed by atoms with Gasteiger partial charge in [0.2, 0.25) is 0 Å². The van der Waals surface area contributed by atoms with Crippen molar-refractivity contribution in [3.8, 4) is 39.1 Å². The number of hydrogen-bond acceptors (Lipinski definition) is 2. The minimum Gasteiger partial charge on any atom is -0.399 e. The second kappa shape index (κ2) is 8.33. The van der Waals surface area contributed by atoms with Crippen molar-refractivity contribution in [3.05, 3.63) is 144 Å². The van der Waals surface area contributed by atoms with Crippen LogP contribution in [-0.2, 0) is 14.7 Å². The molecule has 47 heavy (non-hydrogen) atoms. The van der Waals surface area contributed by atoms with Gasteiger partial charge in [0.25, 0.3) is 0 Å². The molecule has 0 atom stereocenters. The van der Waals surface area contributed by atoms with Crippen molar-refractivity contribution in [3.63, 3.8) is 0 Å². The number of hydrogen-bond donors (Lipinski definition) is 0. The Bertz CT molecular complexity index is 2490. The van der Waals surface area contributed by atoms with Crippen molar-refractivity contribution in [2.24, 2.45) is 0 Å². The van der Waals surface area contributed by atoms with Crippen LogP contribution in [0, 0.1) is 0 Å². The van der Waals surface area contributed by atoms with Crippen LogP contribution in [0.4, 0.5) is 0 Å². The average molecular weight is 606 g/mol. The van der Waals surface area contributed by atoms with Crippen molar-refractivity contribution in [1.82, 2.24) is 4.57 Å². The lowest BCUT2D eigenvalue weighted by Gasteiger charge is -2.32. The standard InChI is InChI=1S/C43H32BNO2/c1-41(2)42(3,4)47-44(46-41)34-24-23-32-38-37(34)29-16-8-12-20-36(29)45-35-19-11-7-15-27(35)28-21-22-33(39(38)40(28)45)43(32)30-17-9-5-13-25(30)26-14-6-10-18-31(26)43/h5-24H,1-4H3. The molecule has 0 saturated carbocycles. The van der Waals surface area contributed by atoms with Gasteiger partial charge in [-0.1, -0.05) is 109 Å². The zero-order valence-corrected chi connectivity index (χ0v) is 26.9. The van der Waals surface area contributed by atoms with Crippen LogP contribution in [0.3, 0.4) is 0 Å². The van der Waals surface area contributed by atoms with E-state index in [1.807, 2.05) is 0 Å². The molecule has 1 fully saturated rings. The van der Waals surface area contributed by atoms with Crippen LogP contribution in [-0.4, -0.2) is 22.9 Å². The molecule has 1 aromatic heterocycles. The van der Waals surface area contributed by atoms with Crippen LogP contribution < -0.4 is 5.46 Å². The fraction of sp³-hybridized carbons (Fsp3) is 0.163. The molecule has 3 nitrogen and oxygen atoms in total. The lowest BCUT2D eigenvalue weighted by atomic mass is 9.68. The van der Waals surface area contributed by atoms with Crippen LogP contribution >= 0.6 is 0 Å². The lowest BCUT2D eigenvalue weighted by molar-refractivity contribution is 0.00578. The average Bonchev–Trinajstić information content (AvgIpc) is 3.72. The molecule has 0 amide bonds. The first-order valence-corrected chi connectivity index (χ1v) is 16.7. The van der Waals surface area contributed by atoms with E-state index < -0.39 is 23.7 Å². The summed E-state index contributed by atoms with van der Waals surface area (Å²) in [6, 6.07) is 45.4. The summed E-state index contributed by atoms with van der Waals surface area (Å²) in [5.41, 5.74) is 16.5. The number of aromatic nitrogens is 1. The highest BCUT2D eigenvalue weighted by atomic mass is 16.7. The second-order valence-electron chi connectivity index (χ2n) is 14.6. The highest BCUT2D eigenvalue weighted by Crippen LogP contribution is 2.66. The van der Waals surface area contributed by atoms with E-state index in [1.165, 1.54) is 83.1 Å². The normalized spacial score (nSPS) is 18.1. The molecular weight excluding hydrogens is 573 g/mol. The van der Waals surface area contributed by atoms with Crippen LogP contribution in [0.15, 0.2) is 121 Å². The van der Waals surface area contributed by atoms with Gasteiger partial charge >= 0.3 is 7.12 Å². The molecule has 0 unspecified atom stereocenters. The number of para-hydroxylation sites is 2. The van der Waals surface area contributed by atoms with Crippen molar-refractivity contribution in [2.75, 3.05) is 0 Å². The van der Waals surface area contributed by atoms with Crippen LogP contribution in [0.5, 0.6) is 0 Å². The molecule has 1 spiro atoms. The molecule has 224 valence electrons. The number of benzene rings is 6. The Kier molecular flexibility index (Phi) is 4.64. The summed E-state index contributed by atoms with van der Waals surface area (Å²) in [6.07, 6.45) is 0. The monoisotopic (exact) mass is 605 g/mol. The quantitative estimate of drug-likeness (QED) is 0.174. The van der Waals surface area contributed by atoms with E-state index in [-0.39, 0.29) is 0 Å². The highest BCUT2D eigenvalue weighted by molar-refractivity contribution is 6.64. The molecule has 2 aliphatic heterocycles. The number of rotatable bonds is 1. The van der Waals surface area contributed by atoms with Gasteiger partial charge in [0.1, 0.15) is 0 Å². The zero-order chi connectivity index (χ0) is 31.4. The van der Waals surface area contributed by atoms with Gasteiger partial charge in [-0.25, -0.2) is 0 Å². The fourth-order valence-electron chi connectivity index (χ4n) is 9.36. The van der Waals surface area contributed by atoms with Gasteiger partial charge in [-0.15, -0.1) is 0 Å². The molecule has 2 aliphatic carbocycles. The molecule has 6 aromatic carbocycles. The zero-order valence-electron chi connectivity index (χ0n) is 26.9. The predicted molar refractivity (Wildman–Crippen MR) is 192 cm³/mol. The third-order valence-corrected chi connectivity index (χ3v) is 12.0. The summed E-state index contributed by atoms with van der Waals surface area (Å²) >= 11 is 0. The third-order valence-electron chi connectivity index (χ3n) is 12.0. The molecule has 0 N–H and O–H groups in total. The highest BCUT2D eigenvalue weighted by Gasteiger charge is 2.56. The molecule has 3 heterocycles. The summed E-state index contributed by atoms with van der Waals surface area (Å²) < 4.78 is 16.2. The van der Waals surface area contributed by atoms with Crippen molar-refractivity contribution >= 4 is 34.4 Å². The Balaban J connectivity index is 1.38. The first-order chi connectivity index (χ1) is 22.8. The Labute approximate surface area is 274 Å². The summed E-state index contributed by atoms with van der Waals surface area (Å²) in [4.78, 5) is 0. The maximum Gasteiger partial charge on any atom is 0.495 e. The Morgan fingerprint density at radius 1 is 0.489 bits per heavy atom. The van der Waals surface area contributed by atoms with E-state index in [9.17, 15) is 0 Å². The van der Waals surface area contributed by atoms with E-state index in [1.54, 1.807) is 0 Å². The van der Waals surface area contributed by atoms with Gasteiger partial charge in [-0.3, -0.25) is 0 Å². The summed E-state index contributed by atoms with van der Waals surface area (Å²) in [6.45, 7) is 8.57. The van der Waals surface area contributed by atoms with E-state index in [0.29, 0.717) is 0 Å². The van der Waals surface area contributed by atoms with E-state index >= 15 is 0 Å².